The van der Waals surface area contributed by atoms with Crippen molar-refractivity contribution in [1.29, 1.82) is 0 Å². The summed E-state index contributed by atoms with van der Waals surface area (Å²) in [7, 11) is 0. The number of rotatable bonds is 7. The van der Waals surface area contributed by atoms with Crippen LogP contribution in [-0.4, -0.2) is 23.1 Å². The summed E-state index contributed by atoms with van der Waals surface area (Å²) in [6.07, 6.45) is 3.63. The number of halogens is 1. The molecule has 0 saturated carbocycles. The van der Waals surface area contributed by atoms with Crippen LogP contribution in [0, 0.1) is 0 Å². The molecular formula is C16H21ClN4. The third-order valence-electron chi connectivity index (χ3n) is 3.27. The van der Waals surface area contributed by atoms with E-state index >= 15 is 0 Å². The maximum Gasteiger partial charge on any atom is 0.129 e. The van der Waals surface area contributed by atoms with Crippen LogP contribution in [0.15, 0.2) is 36.7 Å². The fourth-order valence-corrected chi connectivity index (χ4v) is 2.25. The molecule has 0 bridgehead atoms. The van der Waals surface area contributed by atoms with Gasteiger partial charge in [-0.1, -0.05) is 18.5 Å². The summed E-state index contributed by atoms with van der Waals surface area (Å²) in [5, 5.41) is 3.97. The molecule has 2 rings (SSSR count). The van der Waals surface area contributed by atoms with E-state index in [-0.39, 0.29) is 0 Å². The molecule has 112 valence electrons. The van der Waals surface area contributed by atoms with Gasteiger partial charge >= 0.3 is 0 Å². The number of nitrogens with zero attached hydrogens (tertiary/aromatic N) is 3. The summed E-state index contributed by atoms with van der Waals surface area (Å²) in [4.78, 5) is 11.0. The second-order valence-electron chi connectivity index (χ2n) is 4.75. The maximum absolute atomic E-state index is 6.21. The predicted molar refractivity (Wildman–Crippen MR) is 87.6 cm³/mol. The highest BCUT2D eigenvalue weighted by atomic mass is 35.5. The first-order chi connectivity index (χ1) is 10.2. The maximum atomic E-state index is 6.21. The van der Waals surface area contributed by atoms with Gasteiger partial charge in [-0.05, 0) is 43.3 Å². The van der Waals surface area contributed by atoms with Crippen molar-refractivity contribution < 1.29 is 0 Å². The SMILES string of the molecule is CCNCc1nc(N(CC)Cc2ccncc2)ccc1Cl. The topological polar surface area (TPSA) is 41.1 Å². The standard InChI is InChI=1S/C16H21ClN4/c1-3-18-11-15-14(17)5-6-16(20-15)21(4-2)12-13-7-9-19-10-8-13/h5-10,18H,3-4,11-12H2,1-2H3. The number of hydrogen-bond acceptors (Lipinski definition) is 4. The zero-order valence-electron chi connectivity index (χ0n) is 12.5. The molecule has 0 amide bonds. The van der Waals surface area contributed by atoms with Gasteiger partial charge in [0.25, 0.3) is 0 Å². The minimum atomic E-state index is 0.690. The first-order valence-electron chi connectivity index (χ1n) is 7.24. The zero-order chi connectivity index (χ0) is 15.1. The van der Waals surface area contributed by atoms with E-state index in [2.05, 4.69) is 29.0 Å². The molecule has 0 fully saturated rings. The van der Waals surface area contributed by atoms with Crippen molar-refractivity contribution in [2.45, 2.75) is 26.9 Å². The van der Waals surface area contributed by atoms with Crippen LogP contribution in [0.1, 0.15) is 25.1 Å². The molecule has 0 unspecified atom stereocenters. The molecule has 0 radical (unpaired) electrons. The average Bonchev–Trinajstić information content (AvgIpc) is 2.53. The Balaban J connectivity index is 2.17. The van der Waals surface area contributed by atoms with Gasteiger partial charge in [-0.25, -0.2) is 4.98 Å². The largest absolute Gasteiger partial charge is 0.353 e. The number of hydrogen-bond donors (Lipinski definition) is 1. The molecule has 0 aliphatic rings. The lowest BCUT2D eigenvalue weighted by Gasteiger charge is -2.23. The highest BCUT2D eigenvalue weighted by Crippen LogP contribution is 2.20. The first-order valence-corrected chi connectivity index (χ1v) is 7.62. The molecular weight excluding hydrogens is 284 g/mol. The fraction of sp³-hybridized carbons (Fsp3) is 0.375. The van der Waals surface area contributed by atoms with Crippen LogP contribution in [0.2, 0.25) is 5.02 Å². The number of anilines is 1. The monoisotopic (exact) mass is 304 g/mol. The van der Waals surface area contributed by atoms with Gasteiger partial charge in [0.15, 0.2) is 0 Å². The average molecular weight is 305 g/mol. The van der Waals surface area contributed by atoms with Crippen molar-refractivity contribution in [1.82, 2.24) is 15.3 Å². The van der Waals surface area contributed by atoms with E-state index in [1.54, 1.807) is 0 Å². The predicted octanol–water partition coefficient (Wildman–Crippen LogP) is 3.27. The van der Waals surface area contributed by atoms with Crippen LogP contribution in [0.25, 0.3) is 0 Å². The summed E-state index contributed by atoms with van der Waals surface area (Å²) in [6.45, 7) is 7.49. The minimum Gasteiger partial charge on any atom is -0.353 e. The third-order valence-corrected chi connectivity index (χ3v) is 3.62. The van der Waals surface area contributed by atoms with Crippen LogP contribution in [-0.2, 0) is 13.1 Å². The Bertz CT molecular complexity index is 559. The van der Waals surface area contributed by atoms with E-state index in [0.29, 0.717) is 11.6 Å². The van der Waals surface area contributed by atoms with Crippen molar-refractivity contribution in [3.8, 4) is 0 Å². The first kappa shape index (κ1) is 15.7. The van der Waals surface area contributed by atoms with Crippen LogP contribution in [0.3, 0.4) is 0 Å². The van der Waals surface area contributed by atoms with Crippen LogP contribution in [0.4, 0.5) is 5.82 Å². The van der Waals surface area contributed by atoms with E-state index in [1.807, 2.05) is 36.7 Å². The Morgan fingerprint density at radius 3 is 2.57 bits per heavy atom. The lowest BCUT2D eigenvalue weighted by molar-refractivity contribution is 0.706. The van der Waals surface area contributed by atoms with Crippen molar-refractivity contribution in [3.05, 3.63) is 52.9 Å². The van der Waals surface area contributed by atoms with E-state index in [4.69, 9.17) is 16.6 Å². The van der Waals surface area contributed by atoms with Crippen molar-refractivity contribution in [2.24, 2.45) is 0 Å². The van der Waals surface area contributed by atoms with Gasteiger partial charge in [0.2, 0.25) is 0 Å². The van der Waals surface area contributed by atoms with Crippen LogP contribution < -0.4 is 10.2 Å². The molecule has 4 nitrogen and oxygen atoms in total. The van der Waals surface area contributed by atoms with E-state index in [0.717, 1.165) is 31.1 Å². The van der Waals surface area contributed by atoms with E-state index < -0.39 is 0 Å². The molecule has 2 heterocycles. The molecule has 0 aliphatic heterocycles. The molecule has 5 heteroatoms. The summed E-state index contributed by atoms with van der Waals surface area (Å²) in [5.74, 6) is 0.951. The molecule has 2 aromatic heterocycles. The summed E-state index contributed by atoms with van der Waals surface area (Å²) < 4.78 is 0. The normalized spacial score (nSPS) is 10.6. The molecule has 0 aliphatic carbocycles. The van der Waals surface area contributed by atoms with Gasteiger partial charge in [0, 0.05) is 32.0 Å². The van der Waals surface area contributed by atoms with Crippen molar-refractivity contribution in [3.63, 3.8) is 0 Å². The van der Waals surface area contributed by atoms with Crippen molar-refractivity contribution >= 4 is 17.4 Å². The lowest BCUT2D eigenvalue weighted by atomic mass is 10.2. The lowest BCUT2D eigenvalue weighted by Crippen LogP contribution is -2.24. The summed E-state index contributed by atoms with van der Waals surface area (Å²) in [5.41, 5.74) is 2.11. The third kappa shape index (κ3) is 4.41. The van der Waals surface area contributed by atoms with Crippen LogP contribution in [0.5, 0.6) is 0 Å². The second-order valence-corrected chi connectivity index (χ2v) is 5.16. The number of aromatic nitrogens is 2. The molecule has 2 aromatic rings. The Kier molecular flexibility index (Phi) is 5.96. The van der Waals surface area contributed by atoms with Crippen LogP contribution >= 0.6 is 11.6 Å². The Morgan fingerprint density at radius 2 is 1.90 bits per heavy atom. The molecule has 0 saturated heterocycles. The fourth-order valence-electron chi connectivity index (χ4n) is 2.08. The second kappa shape index (κ2) is 7.96. The quantitative estimate of drug-likeness (QED) is 0.852. The summed E-state index contributed by atoms with van der Waals surface area (Å²) in [6, 6.07) is 7.95. The molecule has 1 N–H and O–H groups in total. The number of pyridine rings is 2. The Morgan fingerprint density at radius 1 is 1.14 bits per heavy atom. The molecule has 0 aromatic carbocycles. The van der Waals surface area contributed by atoms with Gasteiger partial charge in [-0.2, -0.15) is 0 Å². The highest BCUT2D eigenvalue weighted by molar-refractivity contribution is 6.31. The molecule has 0 spiro atoms. The number of nitrogens with one attached hydrogen (secondary N) is 1. The molecule has 21 heavy (non-hydrogen) atoms. The summed E-state index contributed by atoms with van der Waals surface area (Å²) >= 11 is 6.21. The van der Waals surface area contributed by atoms with E-state index in [9.17, 15) is 0 Å². The minimum absolute atomic E-state index is 0.690. The van der Waals surface area contributed by atoms with Gasteiger partial charge in [-0.15, -0.1) is 0 Å². The van der Waals surface area contributed by atoms with Gasteiger partial charge in [-0.3, -0.25) is 4.98 Å². The van der Waals surface area contributed by atoms with Gasteiger partial charge in [0.05, 0.1) is 10.7 Å². The Hall–Kier alpha value is -1.65. The van der Waals surface area contributed by atoms with Gasteiger partial charge < -0.3 is 10.2 Å². The zero-order valence-corrected chi connectivity index (χ0v) is 13.3. The highest BCUT2D eigenvalue weighted by Gasteiger charge is 2.10. The Labute approximate surface area is 131 Å². The van der Waals surface area contributed by atoms with Crippen molar-refractivity contribution in [2.75, 3.05) is 18.0 Å². The molecule has 0 atom stereocenters. The van der Waals surface area contributed by atoms with E-state index in [1.165, 1.54) is 5.56 Å². The smallest absolute Gasteiger partial charge is 0.129 e. The van der Waals surface area contributed by atoms with Gasteiger partial charge in [0.1, 0.15) is 5.82 Å².